The minimum Gasteiger partial charge on any atom is -0.482 e. The minimum atomic E-state index is -2.63. The van der Waals surface area contributed by atoms with Crippen LogP contribution in [0.2, 0.25) is 5.02 Å². The van der Waals surface area contributed by atoms with Gasteiger partial charge in [0.2, 0.25) is 5.88 Å². The average Bonchev–Trinajstić information content (AvgIpc) is 3.08. The van der Waals surface area contributed by atoms with E-state index in [-0.39, 0.29) is 22.1 Å². The zero-order chi connectivity index (χ0) is 22.2. The number of thioether (sulfide) groups is 1. The second-order valence-corrected chi connectivity index (χ2v) is 9.51. The molecule has 1 aliphatic heterocycles. The van der Waals surface area contributed by atoms with Crippen molar-refractivity contribution >= 4 is 34.4 Å². The smallest absolute Gasteiger partial charge is 0.272 e. The Morgan fingerprint density at radius 3 is 2.65 bits per heavy atom. The van der Waals surface area contributed by atoms with Crippen molar-refractivity contribution in [2.75, 3.05) is 18.1 Å². The molecule has 0 bridgehead atoms. The Morgan fingerprint density at radius 2 is 1.94 bits per heavy atom. The van der Waals surface area contributed by atoms with E-state index in [4.69, 9.17) is 26.1 Å². The molecule has 166 valence electrons. The first-order valence-electron chi connectivity index (χ1n) is 9.93. The third-order valence-electron chi connectivity index (χ3n) is 5.58. The van der Waals surface area contributed by atoms with E-state index in [2.05, 4.69) is 21.5 Å². The Labute approximate surface area is 188 Å². The molecule has 4 rings (SSSR count). The monoisotopic (exact) mass is 468 g/mol. The lowest BCUT2D eigenvalue weighted by molar-refractivity contribution is 0.0803. The summed E-state index contributed by atoms with van der Waals surface area (Å²) in [4.78, 5) is 13.4. The number of hydrogen-bond acceptors (Lipinski definition) is 6. The first kappa shape index (κ1) is 22.1. The quantitative estimate of drug-likeness (QED) is 0.473. The van der Waals surface area contributed by atoms with Gasteiger partial charge in [-0.3, -0.25) is 0 Å². The van der Waals surface area contributed by atoms with Crippen LogP contribution in [0.1, 0.15) is 31.2 Å². The van der Waals surface area contributed by atoms with Crippen LogP contribution in [0.5, 0.6) is 17.5 Å². The van der Waals surface area contributed by atoms with Gasteiger partial charge in [-0.1, -0.05) is 18.5 Å². The molecule has 0 aromatic carbocycles. The van der Waals surface area contributed by atoms with Gasteiger partial charge in [-0.15, -0.1) is 0 Å². The molecule has 3 aromatic heterocycles. The van der Waals surface area contributed by atoms with E-state index < -0.39 is 13.0 Å². The number of nitrogens with zero attached hydrogens (tertiary/aromatic N) is 4. The van der Waals surface area contributed by atoms with Crippen LogP contribution >= 0.6 is 23.4 Å². The summed E-state index contributed by atoms with van der Waals surface area (Å²) in [6.45, 7) is 3.37. The third kappa shape index (κ3) is 4.43. The SMILES string of the molecule is Cc1c(Oc2ncc(Cl)cc2OCC(F)F)ncc2nc(C3(C)CCSCC3)n(C)c12. The van der Waals surface area contributed by atoms with Crippen LogP contribution in [-0.4, -0.2) is 44.1 Å². The zero-order valence-corrected chi connectivity index (χ0v) is 19.1. The van der Waals surface area contributed by atoms with Gasteiger partial charge in [0.25, 0.3) is 12.3 Å². The maximum absolute atomic E-state index is 12.6. The molecule has 3 aromatic rings. The fourth-order valence-corrected chi connectivity index (χ4v) is 5.43. The van der Waals surface area contributed by atoms with Crippen molar-refractivity contribution in [3.63, 3.8) is 0 Å². The molecule has 4 heterocycles. The number of aryl methyl sites for hydroxylation is 2. The Bertz CT molecular complexity index is 1100. The second-order valence-electron chi connectivity index (χ2n) is 7.85. The standard InChI is InChI=1S/C21H23ClF2N4O2S/c1-12-17-14(27-20(28(17)3)21(2)4-6-31-7-5-21)10-26-18(12)30-19-15(29-11-16(23)24)8-13(22)9-25-19/h8-10,16H,4-7,11H2,1-3H3. The van der Waals surface area contributed by atoms with Gasteiger partial charge >= 0.3 is 0 Å². The zero-order valence-electron chi connectivity index (χ0n) is 17.5. The summed E-state index contributed by atoms with van der Waals surface area (Å²) in [7, 11) is 2.01. The van der Waals surface area contributed by atoms with Crippen LogP contribution in [-0.2, 0) is 12.5 Å². The first-order chi connectivity index (χ1) is 14.8. The van der Waals surface area contributed by atoms with E-state index in [1.807, 2.05) is 25.7 Å². The van der Waals surface area contributed by atoms with Crippen molar-refractivity contribution in [1.29, 1.82) is 0 Å². The summed E-state index contributed by atoms with van der Waals surface area (Å²) in [6, 6.07) is 1.39. The summed E-state index contributed by atoms with van der Waals surface area (Å²) >= 11 is 7.92. The first-order valence-corrected chi connectivity index (χ1v) is 11.5. The van der Waals surface area contributed by atoms with Gasteiger partial charge in [0, 0.05) is 30.3 Å². The van der Waals surface area contributed by atoms with Crippen molar-refractivity contribution in [3.8, 4) is 17.5 Å². The molecule has 0 saturated carbocycles. The van der Waals surface area contributed by atoms with E-state index in [0.717, 1.165) is 46.8 Å². The average molecular weight is 469 g/mol. The normalized spacial score (nSPS) is 16.1. The molecule has 0 spiro atoms. The number of rotatable bonds is 6. The van der Waals surface area contributed by atoms with E-state index in [1.165, 1.54) is 12.3 Å². The molecule has 1 aliphatic rings. The van der Waals surface area contributed by atoms with Crippen molar-refractivity contribution in [2.45, 2.75) is 38.5 Å². The molecule has 1 fully saturated rings. The van der Waals surface area contributed by atoms with E-state index in [0.29, 0.717) is 5.88 Å². The number of halogens is 3. The van der Waals surface area contributed by atoms with Crippen molar-refractivity contribution < 1.29 is 18.3 Å². The lowest BCUT2D eigenvalue weighted by atomic mass is 9.83. The minimum absolute atomic E-state index is 0.0144. The highest BCUT2D eigenvalue weighted by atomic mass is 35.5. The largest absolute Gasteiger partial charge is 0.482 e. The number of alkyl halides is 2. The maximum atomic E-state index is 12.6. The summed E-state index contributed by atoms with van der Waals surface area (Å²) in [5.41, 5.74) is 2.51. The molecular formula is C21H23ClF2N4O2S. The molecule has 0 radical (unpaired) electrons. The maximum Gasteiger partial charge on any atom is 0.272 e. The number of aromatic nitrogens is 4. The van der Waals surface area contributed by atoms with E-state index in [9.17, 15) is 8.78 Å². The van der Waals surface area contributed by atoms with E-state index >= 15 is 0 Å². The Morgan fingerprint density at radius 1 is 1.23 bits per heavy atom. The van der Waals surface area contributed by atoms with Gasteiger partial charge in [0.05, 0.1) is 16.7 Å². The number of pyridine rings is 2. The van der Waals surface area contributed by atoms with Gasteiger partial charge in [0.1, 0.15) is 17.9 Å². The summed E-state index contributed by atoms with van der Waals surface area (Å²) in [5, 5.41) is 0.256. The van der Waals surface area contributed by atoms with Gasteiger partial charge in [0.15, 0.2) is 5.75 Å². The van der Waals surface area contributed by atoms with Crippen LogP contribution in [0.3, 0.4) is 0 Å². The number of ether oxygens (including phenoxy) is 2. The van der Waals surface area contributed by atoms with Crippen LogP contribution in [0.15, 0.2) is 18.5 Å². The summed E-state index contributed by atoms with van der Waals surface area (Å²) in [5.74, 6) is 3.65. The fraction of sp³-hybridized carbons (Fsp3) is 0.476. The van der Waals surface area contributed by atoms with Crippen molar-refractivity contribution in [2.24, 2.45) is 7.05 Å². The Kier molecular flexibility index (Phi) is 6.25. The highest BCUT2D eigenvalue weighted by Crippen LogP contribution is 2.40. The highest BCUT2D eigenvalue weighted by molar-refractivity contribution is 7.99. The molecule has 0 atom stereocenters. The Hall–Kier alpha value is -2.13. The predicted octanol–water partition coefficient (Wildman–Crippen LogP) is 5.55. The van der Waals surface area contributed by atoms with Crippen LogP contribution < -0.4 is 9.47 Å². The molecule has 0 aliphatic carbocycles. The molecule has 6 nitrogen and oxygen atoms in total. The molecule has 1 saturated heterocycles. The second kappa shape index (κ2) is 8.78. The third-order valence-corrected chi connectivity index (χ3v) is 6.77. The van der Waals surface area contributed by atoms with Crippen molar-refractivity contribution in [3.05, 3.63) is 34.9 Å². The van der Waals surface area contributed by atoms with Gasteiger partial charge in [-0.2, -0.15) is 11.8 Å². The van der Waals surface area contributed by atoms with Gasteiger partial charge in [-0.25, -0.2) is 23.7 Å². The summed E-state index contributed by atoms with van der Waals surface area (Å²) < 4.78 is 38.3. The van der Waals surface area contributed by atoms with Crippen molar-refractivity contribution in [1.82, 2.24) is 19.5 Å². The molecule has 31 heavy (non-hydrogen) atoms. The molecule has 0 N–H and O–H groups in total. The molecule has 0 amide bonds. The number of imidazole rings is 1. The van der Waals surface area contributed by atoms with Gasteiger partial charge in [-0.05, 0) is 31.3 Å². The molecule has 10 heteroatoms. The van der Waals surface area contributed by atoms with Gasteiger partial charge < -0.3 is 14.0 Å². The molecular weight excluding hydrogens is 446 g/mol. The predicted molar refractivity (Wildman–Crippen MR) is 118 cm³/mol. The number of hydrogen-bond donors (Lipinski definition) is 0. The van der Waals surface area contributed by atoms with E-state index in [1.54, 1.807) is 6.20 Å². The van der Waals surface area contributed by atoms with Crippen LogP contribution in [0, 0.1) is 6.92 Å². The molecule has 0 unspecified atom stereocenters. The van der Waals surface area contributed by atoms with Crippen LogP contribution in [0.25, 0.3) is 11.0 Å². The Balaban J connectivity index is 1.70. The lowest BCUT2D eigenvalue weighted by Crippen LogP contribution is -2.30. The summed E-state index contributed by atoms with van der Waals surface area (Å²) in [6.07, 6.45) is 2.55. The fourth-order valence-electron chi connectivity index (χ4n) is 3.89. The highest BCUT2D eigenvalue weighted by Gasteiger charge is 2.34. The lowest BCUT2D eigenvalue weighted by Gasteiger charge is -2.32. The van der Waals surface area contributed by atoms with Crippen LogP contribution in [0.4, 0.5) is 8.78 Å². The number of fused-ring (bicyclic) bond motifs is 1. The topological polar surface area (TPSA) is 62.1 Å².